The lowest BCUT2D eigenvalue weighted by Gasteiger charge is -2.51. The second kappa shape index (κ2) is 9.54. The number of esters is 1. The zero-order valence-electron chi connectivity index (χ0n) is 20.2. The summed E-state index contributed by atoms with van der Waals surface area (Å²) in [6.45, 7) is 5.56. The number of nitrogens with one attached hydrogen (secondary N) is 1. The molecule has 8 heteroatoms. The van der Waals surface area contributed by atoms with Gasteiger partial charge in [0, 0.05) is 13.0 Å². The number of aliphatic hydroxyl groups excluding tert-OH is 1. The van der Waals surface area contributed by atoms with Gasteiger partial charge in [-0.3, -0.25) is 14.4 Å². The van der Waals surface area contributed by atoms with Crippen molar-refractivity contribution in [1.29, 1.82) is 0 Å². The molecule has 0 unspecified atom stereocenters. The normalized spacial score (nSPS) is 17.2. The van der Waals surface area contributed by atoms with Gasteiger partial charge in [0.1, 0.15) is 23.5 Å². The number of rotatable bonds is 6. The monoisotopic (exact) mass is 478 g/mol. The van der Waals surface area contributed by atoms with Crippen LogP contribution in [0, 0.1) is 0 Å². The summed E-state index contributed by atoms with van der Waals surface area (Å²) in [4.78, 5) is 39.8. The lowest BCUT2D eigenvalue weighted by Crippen LogP contribution is -2.66. The minimum absolute atomic E-state index is 0.107. The Labute approximate surface area is 204 Å². The van der Waals surface area contributed by atoms with E-state index in [4.69, 9.17) is 9.47 Å². The molecule has 2 heterocycles. The Morgan fingerprint density at radius 1 is 1.06 bits per heavy atom. The van der Waals surface area contributed by atoms with Gasteiger partial charge < -0.3 is 24.8 Å². The first-order valence-electron chi connectivity index (χ1n) is 11.5. The number of carbonyl (C=O) groups excluding carboxylic acids is 3. The lowest BCUT2D eigenvalue weighted by molar-refractivity contribution is -0.172. The maximum Gasteiger partial charge on any atom is 0.325 e. The van der Waals surface area contributed by atoms with Crippen LogP contribution in [0.5, 0.6) is 0 Å². The zero-order chi connectivity index (χ0) is 25.2. The second-order valence-corrected chi connectivity index (χ2v) is 9.94. The van der Waals surface area contributed by atoms with E-state index in [1.807, 2.05) is 54.6 Å². The molecular formula is C27H30N2O6. The molecule has 184 valence electrons. The molecule has 2 aromatic rings. The number of carbonyl (C=O) groups is 3. The number of hydrogen-bond acceptors (Lipinski definition) is 6. The van der Waals surface area contributed by atoms with Gasteiger partial charge in [0.15, 0.2) is 0 Å². The van der Waals surface area contributed by atoms with Crippen molar-refractivity contribution >= 4 is 17.8 Å². The molecule has 1 fully saturated rings. The third kappa shape index (κ3) is 5.38. The van der Waals surface area contributed by atoms with Crippen molar-refractivity contribution < 1.29 is 29.0 Å². The first-order chi connectivity index (χ1) is 16.6. The quantitative estimate of drug-likeness (QED) is 0.488. The van der Waals surface area contributed by atoms with Gasteiger partial charge in [0.25, 0.3) is 11.8 Å². The Morgan fingerprint density at radius 3 is 2.26 bits per heavy atom. The summed E-state index contributed by atoms with van der Waals surface area (Å²) in [6, 6.07) is 17.8. The molecule has 0 radical (unpaired) electrons. The van der Waals surface area contributed by atoms with Gasteiger partial charge in [0.2, 0.25) is 0 Å². The van der Waals surface area contributed by atoms with Crippen molar-refractivity contribution in [2.75, 3.05) is 19.8 Å². The molecule has 35 heavy (non-hydrogen) atoms. The van der Waals surface area contributed by atoms with Crippen LogP contribution in [0.2, 0.25) is 0 Å². The SMILES string of the molecule is CC(C)(C)OC(=O)CNC(=O)C1=C(O)CC2(COC2)N(Cc2ccc(-c3ccccc3)cc2)C1=O. The fraction of sp³-hybridized carbons (Fsp3) is 0.370. The Balaban J connectivity index is 1.50. The summed E-state index contributed by atoms with van der Waals surface area (Å²) < 4.78 is 10.6. The Morgan fingerprint density at radius 2 is 1.69 bits per heavy atom. The number of amides is 2. The summed E-state index contributed by atoms with van der Waals surface area (Å²) >= 11 is 0. The maximum atomic E-state index is 13.4. The van der Waals surface area contributed by atoms with Crippen LogP contribution < -0.4 is 5.32 Å². The highest BCUT2D eigenvalue weighted by Crippen LogP contribution is 2.38. The number of benzene rings is 2. The van der Waals surface area contributed by atoms with Crippen LogP contribution in [-0.4, -0.2) is 58.7 Å². The third-order valence-corrected chi connectivity index (χ3v) is 6.00. The van der Waals surface area contributed by atoms with Crippen LogP contribution in [0.1, 0.15) is 32.8 Å². The molecule has 8 nitrogen and oxygen atoms in total. The van der Waals surface area contributed by atoms with Crippen molar-refractivity contribution in [3.05, 3.63) is 71.5 Å². The molecule has 2 aliphatic heterocycles. The molecule has 0 aromatic heterocycles. The van der Waals surface area contributed by atoms with Gasteiger partial charge in [-0.2, -0.15) is 0 Å². The predicted octanol–water partition coefficient (Wildman–Crippen LogP) is 3.12. The van der Waals surface area contributed by atoms with E-state index in [0.29, 0.717) is 0 Å². The largest absolute Gasteiger partial charge is 0.511 e. The second-order valence-electron chi connectivity index (χ2n) is 9.94. The molecule has 4 rings (SSSR count). The predicted molar refractivity (Wildman–Crippen MR) is 129 cm³/mol. The number of aliphatic hydroxyl groups is 1. The van der Waals surface area contributed by atoms with Crippen molar-refractivity contribution in [2.45, 2.75) is 44.9 Å². The van der Waals surface area contributed by atoms with Gasteiger partial charge in [-0.1, -0.05) is 54.6 Å². The molecule has 2 aliphatic rings. The maximum absolute atomic E-state index is 13.4. The molecule has 2 amide bonds. The topological polar surface area (TPSA) is 105 Å². The Hall–Kier alpha value is -3.65. The molecule has 0 bridgehead atoms. The fourth-order valence-electron chi connectivity index (χ4n) is 4.27. The summed E-state index contributed by atoms with van der Waals surface area (Å²) in [5.41, 5.74) is 1.28. The van der Waals surface area contributed by atoms with Crippen LogP contribution in [0.4, 0.5) is 0 Å². The summed E-state index contributed by atoms with van der Waals surface area (Å²) in [7, 11) is 0. The third-order valence-electron chi connectivity index (χ3n) is 6.00. The summed E-state index contributed by atoms with van der Waals surface area (Å²) in [6.07, 6.45) is 0.107. The van der Waals surface area contributed by atoms with Gasteiger partial charge in [-0.15, -0.1) is 0 Å². The average molecular weight is 479 g/mol. The fourth-order valence-corrected chi connectivity index (χ4v) is 4.27. The van der Waals surface area contributed by atoms with Gasteiger partial charge in [-0.25, -0.2) is 0 Å². The highest BCUT2D eigenvalue weighted by Gasteiger charge is 2.52. The van der Waals surface area contributed by atoms with E-state index in [9.17, 15) is 19.5 Å². The van der Waals surface area contributed by atoms with Crippen LogP contribution >= 0.6 is 0 Å². The number of nitrogens with zero attached hydrogens (tertiary/aromatic N) is 1. The van der Waals surface area contributed by atoms with Crippen LogP contribution in [-0.2, 0) is 30.4 Å². The Kier molecular flexibility index (Phi) is 6.67. The van der Waals surface area contributed by atoms with Crippen LogP contribution in [0.15, 0.2) is 65.9 Å². The van der Waals surface area contributed by atoms with E-state index in [-0.39, 0.29) is 37.5 Å². The lowest BCUT2D eigenvalue weighted by atomic mass is 9.83. The van der Waals surface area contributed by atoms with E-state index in [2.05, 4.69) is 5.32 Å². The molecule has 0 aliphatic carbocycles. The van der Waals surface area contributed by atoms with Gasteiger partial charge >= 0.3 is 5.97 Å². The first kappa shape index (κ1) is 24.5. The molecular weight excluding hydrogens is 448 g/mol. The average Bonchev–Trinajstić information content (AvgIpc) is 2.78. The highest BCUT2D eigenvalue weighted by atomic mass is 16.6. The Bertz CT molecular complexity index is 1140. The molecule has 2 N–H and O–H groups in total. The summed E-state index contributed by atoms with van der Waals surface area (Å²) in [5.74, 6) is -2.33. The molecule has 2 aromatic carbocycles. The van der Waals surface area contributed by atoms with Gasteiger partial charge in [0.05, 0.1) is 18.8 Å². The smallest absolute Gasteiger partial charge is 0.325 e. The first-order valence-corrected chi connectivity index (χ1v) is 11.5. The van der Waals surface area contributed by atoms with E-state index in [1.54, 1.807) is 25.7 Å². The molecule has 1 saturated heterocycles. The van der Waals surface area contributed by atoms with Crippen molar-refractivity contribution in [3.63, 3.8) is 0 Å². The van der Waals surface area contributed by atoms with Crippen molar-refractivity contribution in [3.8, 4) is 11.1 Å². The standard InChI is InChI=1S/C27H30N2O6/c1-26(2,3)35-22(31)14-28-24(32)23-21(30)13-27(16-34-17-27)29(25(23)33)15-18-9-11-20(12-10-18)19-7-5-4-6-8-19/h4-12,30H,13-17H2,1-3H3,(H,28,32). The minimum Gasteiger partial charge on any atom is -0.511 e. The minimum atomic E-state index is -0.808. The van der Waals surface area contributed by atoms with Crippen molar-refractivity contribution in [1.82, 2.24) is 10.2 Å². The molecule has 1 spiro atoms. The van der Waals surface area contributed by atoms with Crippen molar-refractivity contribution in [2.24, 2.45) is 0 Å². The van der Waals surface area contributed by atoms with Crippen LogP contribution in [0.25, 0.3) is 11.1 Å². The number of hydrogen-bond donors (Lipinski definition) is 2. The number of ether oxygens (including phenoxy) is 2. The summed E-state index contributed by atoms with van der Waals surface area (Å²) in [5, 5.41) is 13.0. The zero-order valence-corrected chi connectivity index (χ0v) is 20.2. The van der Waals surface area contributed by atoms with E-state index >= 15 is 0 Å². The molecule has 0 saturated carbocycles. The highest BCUT2D eigenvalue weighted by molar-refractivity contribution is 6.19. The molecule has 0 atom stereocenters. The van der Waals surface area contributed by atoms with Crippen LogP contribution in [0.3, 0.4) is 0 Å². The van der Waals surface area contributed by atoms with Gasteiger partial charge in [-0.05, 0) is 37.5 Å². The van der Waals surface area contributed by atoms with E-state index < -0.39 is 35.5 Å². The van der Waals surface area contributed by atoms with E-state index in [1.165, 1.54) is 0 Å². The van der Waals surface area contributed by atoms with E-state index in [0.717, 1.165) is 16.7 Å².